The summed E-state index contributed by atoms with van der Waals surface area (Å²) in [7, 11) is 1.68. The van der Waals surface area contributed by atoms with Crippen LogP contribution in [-0.2, 0) is 32.7 Å². The molecule has 3 heteroatoms. The summed E-state index contributed by atoms with van der Waals surface area (Å²) in [5, 5.41) is 1.14. The summed E-state index contributed by atoms with van der Waals surface area (Å²) in [4.78, 5) is 0. The van der Waals surface area contributed by atoms with Crippen LogP contribution in [0.15, 0.2) is 24.4 Å². The zero-order chi connectivity index (χ0) is 10.1. The van der Waals surface area contributed by atoms with Gasteiger partial charge in [0.25, 0.3) is 0 Å². The Morgan fingerprint density at radius 1 is 1.40 bits per heavy atom. The van der Waals surface area contributed by atoms with Crippen LogP contribution in [0, 0.1) is 6.07 Å². The van der Waals surface area contributed by atoms with E-state index in [-0.39, 0.29) is 32.7 Å². The number of methoxy groups -OCH3 is 1. The molecule has 1 aromatic heterocycles. The zero-order valence-corrected chi connectivity index (χ0v) is 12.2. The molecule has 0 spiro atoms. The Labute approximate surface area is 115 Å². The summed E-state index contributed by atoms with van der Waals surface area (Å²) >= 11 is 0. The Morgan fingerprint density at radius 3 is 2.73 bits per heavy atom. The maximum atomic E-state index is 5.18. The first-order chi connectivity index (χ1) is 6.72. The number of ether oxygens (including phenoxy) is 1. The van der Waals surface area contributed by atoms with Gasteiger partial charge in [-0.3, -0.25) is 0 Å². The van der Waals surface area contributed by atoms with Crippen LogP contribution < -0.4 is 4.74 Å². The molecule has 0 aliphatic carbocycles. The normalized spacial score (nSPS) is 10.4. The molecule has 0 N–H and O–H groups in total. The van der Waals surface area contributed by atoms with Crippen LogP contribution in [0.4, 0.5) is 0 Å². The van der Waals surface area contributed by atoms with Crippen molar-refractivity contribution >= 4 is 10.9 Å². The Morgan fingerprint density at radius 2 is 2.13 bits per heavy atom. The van der Waals surface area contributed by atoms with Crippen LogP contribution in [0.2, 0.25) is 0 Å². The molecule has 2 rings (SSSR count). The Bertz CT molecular complexity index is 448. The number of benzene rings is 1. The van der Waals surface area contributed by atoms with Crippen LogP contribution in [0.5, 0.6) is 5.75 Å². The molecule has 0 atom stereocenters. The molecule has 1 radical (unpaired) electrons. The van der Waals surface area contributed by atoms with Crippen LogP contribution >= 0.6 is 0 Å². The largest absolute Gasteiger partial charge is 0.540 e. The fourth-order valence-electron chi connectivity index (χ4n) is 1.63. The fourth-order valence-corrected chi connectivity index (χ4v) is 1.63. The maximum Gasteiger partial charge on any atom is 0.0647 e. The van der Waals surface area contributed by atoms with Gasteiger partial charge < -0.3 is 9.30 Å². The van der Waals surface area contributed by atoms with E-state index in [1.807, 2.05) is 12.1 Å². The van der Waals surface area contributed by atoms with E-state index < -0.39 is 0 Å². The first-order valence-electron chi connectivity index (χ1n) is 4.78. The van der Waals surface area contributed by atoms with E-state index >= 15 is 0 Å². The van der Waals surface area contributed by atoms with Crippen molar-refractivity contribution in [3.05, 3.63) is 30.5 Å². The van der Waals surface area contributed by atoms with E-state index in [9.17, 15) is 0 Å². The molecular formula is C12H14NOY-. The minimum absolute atomic E-state index is 0. The van der Waals surface area contributed by atoms with Gasteiger partial charge in [0, 0.05) is 44.5 Å². The zero-order valence-electron chi connectivity index (χ0n) is 9.32. The second-order valence-electron chi connectivity index (χ2n) is 3.66. The quantitative estimate of drug-likeness (QED) is 0.770. The van der Waals surface area contributed by atoms with Gasteiger partial charge in [0.05, 0.1) is 7.11 Å². The summed E-state index contributed by atoms with van der Waals surface area (Å²) < 4.78 is 7.40. The number of fused-ring (bicyclic) bond motifs is 1. The first-order valence-corrected chi connectivity index (χ1v) is 4.78. The van der Waals surface area contributed by atoms with Crippen LogP contribution in [0.1, 0.15) is 19.9 Å². The van der Waals surface area contributed by atoms with Gasteiger partial charge in [-0.25, -0.2) is 0 Å². The van der Waals surface area contributed by atoms with Crippen molar-refractivity contribution in [1.82, 2.24) is 4.57 Å². The number of nitrogens with zero attached hydrogens (tertiary/aromatic N) is 1. The van der Waals surface area contributed by atoms with Gasteiger partial charge >= 0.3 is 0 Å². The van der Waals surface area contributed by atoms with E-state index in [0.29, 0.717) is 6.04 Å². The minimum Gasteiger partial charge on any atom is -0.540 e. The van der Waals surface area contributed by atoms with Crippen molar-refractivity contribution < 1.29 is 37.4 Å². The average molecular weight is 277 g/mol. The van der Waals surface area contributed by atoms with E-state index in [2.05, 4.69) is 36.7 Å². The summed E-state index contributed by atoms with van der Waals surface area (Å²) in [5.41, 5.74) is 1.18. The Hall–Kier alpha value is -0.336. The molecule has 2 aromatic rings. The molecule has 0 saturated carbocycles. The molecule has 2 nitrogen and oxygen atoms in total. The maximum absolute atomic E-state index is 5.18. The number of rotatable bonds is 2. The predicted octanol–water partition coefficient (Wildman–Crippen LogP) is 3.03. The van der Waals surface area contributed by atoms with E-state index in [1.165, 1.54) is 5.52 Å². The van der Waals surface area contributed by atoms with E-state index in [4.69, 9.17) is 4.74 Å². The molecule has 1 aromatic carbocycles. The van der Waals surface area contributed by atoms with Crippen LogP contribution in [0.3, 0.4) is 0 Å². The molecule has 0 amide bonds. The molecule has 1 heterocycles. The Balaban J connectivity index is 0.00000112. The van der Waals surface area contributed by atoms with Gasteiger partial charge in [0.2, 0.25) is 0 Å². The van der Waals surface area contributed by atoms with Crippen molar-refractivity contribution in [3.8, 4) is 5.75 Å². The van der Waals surface area contributed by atoms with Gasteiger partial charge in [-0.05, 0) is 25.6 Å². The van der Waals surface area contributed by atoms with Crippen LogP contribution in [0.25, 0.3) is 10.9 Å². The predicted molar refractivity (Wildman–Crippen MR) is 57.7 cm³/mol. The Kier molecular flexibility index (Phi) is 4.36. The summed E-state index contributed by atoms with van der Waals surface area (Å²) in [6.45, 7) is 4.33. The summed E-state index contributed by atoms with van der Waals surface area (Å²) in [6, 6.07) is 9.66. The van der Waals surface area contributed by atoms with Crippen molar-refractivity contribution in [2.45, 2.75) is 19.9 Å². The van der Waals surface area contributed by atoms with Crippen LogP contribution in [-0.4, -0.2) is 11.7 Å². The number of aromatic nitrogens is 1. The molecule has 0 unspecified atom stereocenters. The van der Waals surface area contributed by atoms with Crippen molar-refractivity contribution in [1.29, 1.82) is 0 Å². The summed E-state index contributed by atoms with van der Waals surface area (Å²) in [5.74, 6) is 0.859. The number of hydrogen-bond donors (Lipinski definition) is 0. The van der Waals surface area contributed by atoms with Gasteiger partial charge in [-0.2, -0.15) is 0 Å². The van der Waals surface area contributed by atoms with Gasteiger partial charge in [0.15, 0.2) is 0 Å². The molecule has 0 aliphatic rings. The molecular weight excluding hydrogens is 263 g/mol. The molecule has 15 heavy (non-hydrogen) atoms. The number of hydrogen-bond acceptors (Lipinski definition) is 1. The van der Waals surface area contributed by atoms with E-state index in [1.54, 1.807) is 7.11 Å². The van der Waals surface area contributed by atoms with E-state index in [0.717, 1.165) is 11.1 Å². The summed E-state index contributed by atoms with van der Waals surface area (Å²) in [6.07, 6.45) is 2.09. The van der Waals surface area contributed by atoms with Gasteiger partial charge in [-0.15, -0.1) is 23.6 Å². The molecule has 0 fully saturated rings. The third-order valence-electron chi connectivity index (χ3n) is 2.40. The first kappa shape index (κ1) is 12.7. The van der Waals surface area contributed by atoms with Crippen molar-refractivity contribution in [2.24, 2.45) is 0 Å². The molecule has 77 valence electrons. The monoisotopic (exact) mass is 277 g/mol. The van der Waals surface area contributed by atoms with Gasteiger partial charge in [0.1, 0.15) is 0 Å². The molecule has 0 aliphatic heterocycles. The topological polar surface area (TPSA) is 14.2 Å². The second-order valence-corrected chi connectivity index (χ2v) is 3.66. The third kappa shape index (κ3) is 2.43. The minimum atomic E-state index is 0. The van der Waals surface area contributed by atoms with Gasteiger partial charge in [-0.1, -0.05) is 6.07 Å². The second kappa shape index (κ2) is 5.13. The van der Waals surface area contributed by atoms with Crippen molar-refractivity contribution in [2.75, 3.05) is 7.11 Å². The third-order valence-corrected chi connectivity index (χ3v) is 2.40. The fraction of sp³-hybridized carbons (Fsp3) is 0.333. The van der Waals surface area contributed by atoms with Crippen molar-refractivity contribution in [3.63, 3.8) is 0 Å². The average Bonchev–Trinajstić information content (AvgIpc) is 2.59. The smallest absolute Gasteiger partial charge is 0.0647 e. The molecule has 0 saturated heterocycles. The SMILES string of the molecule is COc1c[c-]c2ccn(C(C)C)c2c1.[Y]. The molecule has 0 bridgehead atoms. The standard InChI is InChI=1S/C12H14NO.Y/c1-9(2)13-7-6-10-4-5-11(14-3)8-12(10)13;/h5-9H,1-3H3;/q-1;.